The summed E-state index contributed by atoms with van der Waals surface area (Å²) in [5.41, 5.74) is -1.91. The van der Waals surface area contributed by atoms with Gasteiger partial charge >= 0.3 is 5.97 Å². The molecule has 1 N–H and O–H groups in total. The van der Waals surface area contributed by atoms with E-state index in [1.807, 2.05) is 0 Å². The number of benzene rings is 1. The van der Waals surface area contributed by atoms with Gasteiger partial charge in [-0.3, -0.25) is 4.79 Å². The highest BCUT2D eigenvalue weighted by molar-refractivity contribution is 5.92. The summed E-state index contributed by atoms with van der Waals surface area (Å²) in [6, 6.07) is 0.983. The van der Waals surface area contributed by atoms with Gasteiger partial charge in [0, 0.05) is 18.0 Å². The molecule has 4 nitrogen and oxygen atoms in total. The van der Waals surface area contributed by atoms with Gasteiger partial charge in [0.05, 0.1) is 11.6 Å². The van der Waals surface area contributed by atoms with Crippen molar-refractivity contribution in [2.24, 2.45) is 0 Å². The van der Waals surface area contributed by atoms with Crippen molar-refractivity contribution in [1.82, 2.24) is 4.57 Å². The Labute approximate surface area is 110 Å². The van der Waals surface area contributed by atoms with Crippen LogP contribution in [0.1, 0.15) is 22.8 Å². The van der Waals surface area contributed by atoms with Crippen LogP contribution in [0.15, 0.2) is 23.1 Å². The van der Waals surface area contributed by atoms with E-state index >= 15 is 0 Å². The van der Waals surface area contributed by atoms with Gasteiger partial charge in [-0.1, -0.05) is 0 Å². The molecule has 1 saturated carbocycles. The molecule has 1 aromatic carbocycles. The van der Waals surface area contributed by atoms with Crippen LogP contribution in [0.5, 0.6) is 0 Å². The first-order valence-corrected chi connectivity index (χ1v) is 5.82. The maximum absolute atomic E-state index is 13.9. The van der Waals surface area contributed by atoms with Gasteiger partial charge < -0.3 is 9.67 Å². The highest BCUT2D eigenvalue weighted by Gasteiger charge is 2.40. The second-order valence-corrected chi connectivity index (χ2v) is 4.66. The van der Waals surface area contributed by atoms with Crippen LogP contribution in [-0.2, 0) is 0 Å². The standard InChI is InChI=1S/C13H8F3NO3/c14-7-2-1-5-11(10(7)16)17(9-3-8(9)15)4-6(12(5)18)13(19)20/h1-2,4,8-9H,3H2,(H,19,20). The van der Waals surface area contributed by atoms with Crippen LogP contribution >= 0.6 is 0 Å². The number of hydrogen-bond acceptors (Lipinski definition) is 2. The summed E-state index contributed by atoms with van der Waals surface area (Å²) in [6.07, 6.45) is -0.308. The lowest BCUT2D eigenvalue weighted by atomic mass is 10.1. The van der Waals surface area contributed by atoms with E-state index in [0.29, 0.717) is 0 Å². The molecule has 2 aromatic rings. The third kappa shape index (κ3) is 1.70. The van der Waals surface area contributed by atoms with E-state index in [1.165, 1.54) is 0 Å². The van der Waals surface area contributed by atoms with Crippen molar-refractivity contribution in [2.75, 3.05) is 0 Å². The van der Waals surface area contributed by atoms with Crippen LogP contribution in [0.25, 0.3) is 10.9 Å². The number of aromatic nitrogens is 1. The Morgan fingerprint density at radius 3 is 2.55 bits per heavy atom. The van der Waals surface area contributed by atoms with Crippen LogP contribution in [0, 0.1) is 11.6 Å². The van der Waals surface area contributed by atoms with Crippen molar-refractivity contribution in [3.63, 3.8) is 0 Å². The maximum Gasteiger partial charge on any atom is 0.341 e. The lowest BCUT2D eigenvalue weighted by molar-refractivity contribution is 0.0694. The quantitative estimate of drug-likeness (QED) is 0.919. The molecule has 0 saturated heterocycles. The maximum atomic E-state index is 13.9. The second kappa shape index (κ2) is 4.09. The molecule has 0 amide bonds. The molecule has 7 heteroatoms. The van der Waals surface area contributed by atoms with Gasteiger partial charge in [0.25, 0.3) is 0 Å². The topological polar surface area (TPSA) is 59.3 Å². The van der Waals surface area contributed by atoms with Gasteiger partial charge in [-0.2, -0.15) is 0 Å². The van der Waals surface area contributed by atoms with Crippen LogP contribution in [0.4, 0.5) is 13.2 Å². The number of alkyl halides is 1. The van der Waals surface area contributed by atoms with Crippen LogP contribution in [0.3, 0.4) is 0 Å². The summed E-state index contributed by atoms with van der Waals surface area (Å²) in [5.74, 6) is -3.95. The van der Waals surface area contributed by atoms with Crippen molar-refractivity contribution in [1.29, 1.82) is 0 Å². The van der Waals surface area contributed by atoms with Crippen LogP contribution < -0.4 is 5.43 Å². The Hall–Kier alpha value is -2.31. The van der Waals surface area contributed by atoms with Gasteiger partial charge in [-0.05, 0) is 12.1 Å². The number of rotatable bonds is 2. The fraction of sp³-hybridized carbons (Fsp3) is 0.231. The Morgan fingerprint density at radius 1 is 1.35 bits per heavy atom. The molecule has 0 bridgehead atoms. The van der Waals surface area contributed by atoms with Gasteiger partial charge in [-0.25, -0.2) is 18.0 Å². The lowest BCUT2D eigenvalue weighted by Gasteiger charge is -2.12. The number of nitrogens with zero attached hydrogens (tertiary/aromatic N) is 1. The normalized spacial score (nSPS) is 21.1. The lowest BCUT2D eigenvalue weighted by Crippen LogP contribution is -2.20. The number of pyridine rings is 1. The van der Waals surface area contributed by atoms with E-state index in [4.69, 9.17) is 5.11 Å². The first kappa shape index (κ1) is 12.7. The van der Waals surface area contributed by atoms with E-state index in [2.05, 4.69) is 0 Å². The van der Waals surface area contributed by atoms with Gasteiger partial charge in [0.1, 0.15) is 11.7 Å². The molecule has 1 aliphatic carbocycles. The Balaban J connectivity index is 2.45. The molecule has 0 spiro atoms. The third-order valence-electron chi connectivity index (χ3n) is 3.35. The van der Waals surface area contributed by atoms with Crippen LogP contribution in [-0.4, -0.2) is 21.8 Å². The minimum atomic E-state index is -1.49. The zero-order valence-electron chi connectivity index (χ0n) is 9.94. The number of carboxylic acid groups (broad SMARTS) is 1. The van der Waals surface area contributed by atoms with E-state index in [9.17, 15) is 22.8 Å². The summed E-state index contributed by atoms with van der Waals surface area (Å²) < 4.78 is 41.4. The molecule has 0 aliphatic heterocycles. The van der Waals surface area contributed by atoms with Crippen molar-refractivity contribution < 1.29 is 23.1 Å². The predicted molar refractivity (Wildman–Crippen MR) is 63.6 cm³/mol. The first-order chi connectivity index (χ1) is 9.41. The molecule has 1 fully saturated rings. The summed E-state index contributed by atoms with van der Waals surface area (Å²) in [4.78, 5) is 23.0. The average Bonchev–Trinajstić information content (AvgIpc) is 3.11. The fourth-order valence-electron chi connectivity index (χ4n) is 2.24. The van der Waals surface area contributed by atoms with Gasteiger partial charge in [0.2, 0.25) is 5.43 Å². The Morgan fingerprint density at radius 2 is 2.00 bits per heavy atom. The molecule has 20 heavy (non-hydrogen) atoms. The minimum Gasteiger partial charge on any atom is -0.477 e. The summed E-state index contributed by atoms with van der Waals surface area (Å²) in [5, 5.41) is 8.69. The predicted octanol–water partition coefficient (Wildman–Crippen LogP) is 2.26. The number of halogens is 3. The van der Waals surface area contributed by atoms with Crippen molar-refractivity contribution >= 4 is 16.9 Å². The average molecular weight is 283 g/mol. The minimum absolute atomic E-state index is 0.0764. The molecule has 104 valence electrons. The third-order valence-corrected chi connectivity index (χ3v) is 3.35. The Kier molecular flexibility index (Phi) is 2.60. The van der Waals surface area contributed by atoms with Crippen molar-refractivity contribution in [2.45, 2.75) is 18.6 Å². The Bertz CT molecular complexity index is 800. The molecule has 2 atom stereocenters. The summed E-state index contributed by atoms with van der Waals surface area (Å²) in [7, 11) is 0. The van der Waals surface area contributed by atoms with Gasteiger partial charge in [-0.15, -0.1) is 0 Å². The summed E-state index contributed by atoms with van der Waals surface area (Å²) in [6.45, 7) is 0. The number of carboxylic acids is 1. The summed E-state index contributed by atoms with van der Waals surface area (Å²) >= 11 is 0. The first-order valence-electron chi connectivity index (χ1n) is 5.82. The number of fused-ring (bicyclic) bond motifs is 1. The highest BCUT2D eigenvalue weighted by Crippen LogP contribution is 2.41. The highest BCUT2D eigenvalue weighted by atomic mass is 19.2. The van der Waals surface area contributed by atoms with E-state index < -0.39 is 46.3 Å². The number of carbonyl (C=O) groups is 1. The molecule has 1 aliphatic rings. The van der Waals surface area contributed by atoms with Crippen molar-refractivity contribution in [3.05, 3.63) is 45.8 Å². The zero-order valence-corrected chi connectivity index (χ0v) is 9.94. The molecule has 1 heterocycles. The number of aromatic carboxylic acids is 1. The molecular weight excluding hydrogens is 275 g/mol. The second-order valence-electron chi connectivity index (χ2n) is 4.66. The molecule has 3 rings (SSSR count). The fourth-order valence-corrected chi connectivity index (χ4v) is 2.24. The SMILES string of the molecule is O=C(O)c1cn(C2CC2F)c2c(F)c(F)ccc2c1=O. The van der Waals surface area contributed by atoms with E-state index in [-0.39, 0.29) is 11.8 Å². The molecular formula is C13H8F3NO3. The smallest absolute Gasteiger partial charge is 0.341 e. The van der Waals surface area contributed by atoms with Crippen molar-refractivity contribution in [3.8, 4) is 0 Å². The van der Waals surface area contributed by atoms with E-state index in [0.717, 1.165) is 22.9 Å². The van der Waals surface area contributed by atoms with Crippen LogP contribution in [0.2, 0.25) is 0 Å². The molecule has 0 radical (unpaired) electrons. The van der Waals surface area contributed by atoms with Gasteiger partial charge in [0.15, 0.2) is 11.6 Å². The number of hydrogen-bond donors (Lipinski definition) is 1. The van der Waals surface area contributed by atoms with E-state index in [1.54, 1.807) is 0 Å². The monoisotopic (exact) mass is 283 g/mol. The molecule has 1 aromatic heterocycles. The largest absolute Gasteiger partial charge is 0.477 e. The zero-order chi connectivity index (χ0) is 14.6. The molecule has 2 unspecified atom stereocenters.